The fourth-order valence-corrected chi connectivity index (χ4v) is 3.09. The molecule has 1 aromatic carbocycles. The van der Waals surface area contributed by atoms with Crippen LogP contribution < -0.4 is 5.69 Å². The number of H-pyrrole nitrogens is 1. The number of rotatable bonds is 5. The lowest BCUT2D eigenvalue weighted by Crippen LogP contribution is -2.37. The molecule has 1 aromatic heterocycles. The molecule has 1 saturated heterocycles. The Morgan fingerprint density at radius 3 is 3.00 bits per heavy atom. The Morgan fingerprint density at radius 2 is 2.22 bits per heavy atom. The highest BCUT2D eigenvalue weighted by atomic mass is 16.5. The lowest BCUT2D eigenvalue weighted by atomic mass is 10.1. The molecule has 0 spiro atoms. The van der Waals surface area contributed by atoms with E-state index in [1.165, 1.54) is 0 Å². The van der Waals surface area contributed by atoms with Gasteiger partial charge in [0.1, 0.15) is 0 Å². The average molecular weight is 317 g/mol. The van der Waals surface area contributed by atoms with E-state index < -0.39 is 0 Å². The molecule has 0 radical (unpaired) electrons. The van der Waals surface area contributed by atoms with Gasteiger partial charge in [-0.3, -0.25) is 9.36 Å². The number of carbonyl (C=O) groups excluding carboxylic acids is 1. The molecule has 1 fully saturated rings. The molecule has 124 valence electrons. The molecule has 3 rings (SSSR count). The van der Waals surface area contributed by atoms with E-state index in [0.29, 0.717) is 19.5 Å². The van der Waals surface area contributed by atoms with Crippen LogP contribution in [0.15, 0.2) is 29.1 Å². The molecule has 1 aliphatic rings. The first-order valence-corrected chi connectivity index (χ1v) is 8.18. The van der Waals surface area contributed by atoms with Crippen molar-refractivity contribution < 1.29 is 9.53 Å². The van der Waals surface area contributed by atoms with Crippen LogP contribution in [0.2, 0.25) is 0 Å². The van der Waals surface area contributed by atoms with Crippen LogP contribution in [-0.4, -0.2) is 46.7 Å². The van der Waals surface area contributed by atoms with Crippen molar-refractivity contribution in [2.45, 2.75) is 38.3 Å². The zero-order chi connectivity index (χ0) is 16.2. The fourth-order valence-electron chi connectivity index (χ4n) is 3.09. The van der Waals surface area contributed by atoms with Crippen LogP contribution in [0.25, 0.3) is 11.0 Å². The topological polar surface area (TPSA) is 67.3 Å². The van der Waals surface area contributed by atoms with Crippen molar-refractivity contribution in [2.75, 3.05) is 20.2 Å². The number of ether oxygens (including phenoxy) is 1. The zero-order valence-electron chi connectivity index (χ0n) is 13.5. The molecule has 2 aromatic rings. The summed E-state index contributed by atoms with van der Waals surface area (Å²) in [5, 5.41) is 0. The van der Waals surface area contributed by atoms with Gasteiger partial charge in [0.2, 0.25) is 5.91 Å². The number of hydrogen-bond donors (Lipinski definition) is 1. The molecule has 2 heterocycles. The molecule has 0 aliphatic carbocycles. The van der Waals surface area contributed by atoms with Gasteiger partial charge in [-0.15, -0.1) is 0 Å². The number of nitrogens with one attached hydrogen (secondary N) is 1. The van der Waals surface area contributed by atoms with Gasteiger partial charge < -0.3 is 14.6 Å². The molecule has 0 bridgehead atoms. The lowest BCUT2D eigenvalue weighted by Gasteiger charge is -2.27. The first-order chi connectivity index (χ1) is 11.1. The van der Waals surface area contributed by atoms with Crippen LogP contribution in [0.5, 0.6) is 0 Å². The average Bonchev–Trinajstić information content (AvgIpc) is 2.88. The van der Waals surface area contributed by atoms with Gasteiger partial charge in [-0.1, -0.05) is 12.1 Å². The number of carbonyl (C=O) groups is 1. The minimum absolute atomic E-state index is 0.0383. The summed E-state index contributed by atoms with van der Waals surface area (Å²) in [6, 6.07) is 7.52. The highest BCUT2D eigenvalue weighted by Gasteiger charge is 2.19. The van der Waals surface area contributed by atoms with E-state index >= 15 is 0 Å². The molecule has 1 N–H and O–H groups in total. The van der Waals surface area contributed by atoms with Crippen molar-refractivity contribution in [3.8, 4) is 0 Å². The highest BCUT2D eigenvalue weighted by molar-refractivity contribution is 5.77. The second-order valence-corrected chi connectivity index (χ2v) is 6.11. The monoisotopic (exact) mass is 317 g/mol. The molecule has 1 amide bonds. The van der Waals surface area contributed by atoms with Crippen molar-refractivity contribution >= 4 is 16.9 Å². The number of hydrogen-bond acceptors (Lipinski definition) is 3. The number of amides is 1. The quantitative estimate of drug-likeness (QED) is 0.913. The van der Waals surface area contributed by atoms with Gasteiger partial charge in [-0.25, -0.2) is 4.79 Å². The smallest absolute Gasteiger partial charge is 0.326 e. The van der Waals surface area contributed by atoms with Crippen LogP contribution in [0.1, 0.15) is 25.7 Å². The summed E-state index contributed by atoms with van der Waals surface area (Å²) in [5.74, 6) is 0.0383. The molecular weight excluding hydrogens is 294 g/mol. The maximum Gasteiger partial charge on any atom is 0.326 e. The fraction of sp³-hybridized carbons (Fsp3) is 0.529. The molecule has 23 heavy (non-hydrogen) atoms. The van der Waals surface area contributed by atoms with Crippen molar-refractivity contribution in [3.63, 3.8) is 0 Å². The summed E-state index contributed by atoms with van der Waals surface area (Å²) < 4.78 is 7.30. The molecule has 0 unspecified atom stereocenters. The number of fused-ring (bicyclic) bond motifs is 1. The normalized spacial score (nSPS) is 18.2. The number of nitrogens with zero attached hydrogens (tertiary/aromatic N) is 2. The molecule has 1 aliphatic heterocycles. The van der Waals surface area contributed by atoms with Gasteiger partial charge in [0, 0.05) is 33.2 Å². The summed E-state index contributed by atoms with van der Waals surface area (Å²) >= 11 is 0. The predicted octanol–water partition coefficient (Wildman–Crippen LogP) is 1.75. The SMILES string of the molecule is CN(C[C@@H]1CCCCO1)C(=O)CCn1c(=O)[nH]c2ccccc21. The number of likely N-dealkylation sites (N-methyl/N-ethyl adjacent to an activating group) is 1. The third-order valence-corrected chi connectivity index (χ3v) is 4.41. The summed E-state index contributed by atoms with van der Waals surface area (Å²) in [6.45, 7) is 1.80. The van der Waals surface area contributed by atoms with Gasteiger partial charge in [-0.2, -0.15) is 0 Å². The minimum Gasteiger partial charge on any atom is -0.376 e. The van der Waals surface area contributed by atoms with Crippen molar-refractivity contribution in [1.82, 2.24) is 14.5 Å². The van der Waals surface area contributed by atoms with Crippen LogP contribution in [0.3, 0.4) is 0 Å². The summed E-state index contributed by atoms with van der Waals surface area (Å²) in [4.78, 5) is 28.8. The second-order valence-electron chi connectivity index (χ2n) is 6.11. The van der Waals surface area contributed by atoms with Crippen LogP contribution in [0.4, 0.5) is 0 Å². The number of aromatic nitrogens is 2. The standard InChI is InChI=1S/C17H23N3O3/c1-19(12-13-6-4-5-11-23-13)16(21)9-10-20-15-8-3-2-7-14(15)18-17(20)22/h2-3,7-8,13H,4-6,9-12H2,1H3,(H,18,22)/t13-/m0/s1. The molecule has 6 nitrogen and oxygen atoms in total. The van der Waals surface area contributed by atoms with Gasteiger partial charge >= 0.3 is 5.69 Å². The summed E-state index contributed by atoms with van der Waals surface area (Å²) in [6.07, 6.45) is 3.74. The summed E-state index contributed by atoms with van der Waals surface area (Å²) in [7, 11) is 1.80. The maximum absolute atomic E-state index is 12.3. The van der Waals surface area contributed by atoms with E-state index in [9.17, 15) is 9.59 Å². The van der Waals surface area contributed by atoms with Crippen LogP contribution >= 0.6 is 0 Å². The largest absolute Gasteiger partial charge is 0.376 e. The first kappa shape index (κ1) is 15.8. The Balaban J connectivity index is 1.59. The zero-order valence-corrected chi connectivity index (χ0v) is 13.5. The van der Waals surface area contributed by atoms with E-state index in [-0.39, 0.29) is 17.7 Å². The number of imidazole rings is 1. The van der Waals surface area contributed by atoms with E-state index in [0.717, 1.165) is 36.9 Å². The Kier molecular flexibility index (Phi) is 4.81. The first-order valence-electron chi connectivity index (χ1n) is 8.18. The maximum atomic E-state index is 12.3. The van der Waals surface area contributed by atoms with Crippen molar-refractivity contribution in [3.05, 3.63) is 34.7 Å². The van der Waals surface area contributed by atoms with Gasteiger partial charge in [0.15, 0.2) is 0 Å². The molecule has 0 saturated carbocycles. The number of aromatic amines is 1. The summed E-state index contributed by atoms with van der Waals surface area (Å²) in [5.41, 5.74) is 1.47. The Hall–Kier alpha value is -2.08. The second kappa shape index (κ2) is 7.00. The van der Waals surface area contributed by atoms with E-state index in [1.54, 1.807) is 16.5 Å². The molecular formula is C17H23N3O3. The molecule has 6 heteroatoms. The molecule has 1 atom stereocenters. The van der Waals surface area contributed by atoms with Crippen molar-refractivity contribution in [2.24, 2.45) is 0 Å². The lowest BCUT2D eigenvalue weighted by molar-refractivity contribution is -0.132. The third-order valence-electron chi connectivity index (χ3n) is 4.41. The van der Waals surface area contributed by atoms with Gasteiger partial charge in [0.25, 0.3) is 0 Å². The number of benzene rings is 1. The Labute approximate surface area is 135 Å². The predicted molar refractivity (Wildman–Crippen MR) is 88.4 cm³/mol. The van der Waals surface area contributed by atoms with Crippen LogP contribution in [0, 0.1) is 0 Å². The highest BCUT2D eigenvalue weighted by Crippen LogP contribution is 2.14. The van der Waals surface area contributed by atoms with Gasteiger partial charge in [-0.05, 0) is 31.4 Å². The van der Waals surface area contributed by atoms with E-state index in [4.69, 9.17) is 4.74 Å². The number of para-hydroxylation sites is 2. The Morgan fingerprint density at radius 1 is 1.39 bits per heavy atom. The number of aryl methyl sites for hydroxylation is 1. The van der Waals surface area contributed by atoms with E-state index in [1.807, 2.05) is 24.3 Å². The minimum atomic E-state index is -0.169. The Bertz CT molecular complexity index is 728. The van der Waals surface area contributed by atoms with E-state index in [2.05, 4.69) is 4.98 Å². The van der Waals surface area contributed by atoms with Gasteiger partial charge in [0.05, 0.1) is 17.1 Å². The van der Waals surface area contributed by atoms with Crippen LogP contribution in [-0.2, 0) is 16.1 Å². The van der Waals surface area contributed by atoms with Crippen molar-refractivity contribution in [1.29, 1.82) is 0 Å². The third kappa shape index (κ3) is 3.64.